The zero-order valence-electron chi connectivity index (χ0n) is 22.4. The van der Waals surface area contributed by atoms with Gasteiger partial charge >= 0.3 is 11.9 Å². The van der Waals surface area contributed by atoms with E-state index in [1.807, 2.05) is 0 Å². The first-order valence-corrected chi connectivity index (χ1v) is 13.5. The van der Waals surface area contributed by atoms with Crippen LogP contribution in [0.3, 0.4) is 0 Å². The second-order valence-electron chi connectivity index (χ2n) is 9.42. The van der Waals surface area contributed by atoms with Crippen LogP contribution in [-0.2, 0) is 19.1 Å². The fourth-order valence-corrected chi connectivity index (χ4v) is 3.29. The molecule has 0 aromatic rings. The van der Waals surface area contributed by atoms with Crippen LogP contribution in [0.1, 0.15) is 130 Å². The minimum absolute atomic E-state index is 0.264. The van der Waals surface area contributed by atoms with Crippen LogP contribution in [0.4, 0.5) is 0 Å². The van der Waals surface area contributed by atoms with Crippen LogP contribution in [0.5, 0.6) is 0 Å². The first-order chi connectivity index (χ1) is 15.8. The topological polar surface area (TPSA) is 52.6 Å². The minimum Gasteiger partial charge on any atom is -0.463 e. The molecule has 33 heavy (non-hydrogen) atoms. The third kappa shape index (κ3) is 30.4. The molecule has 4 nitrogen and oxygen atoms in total. The molecule has 0 bridgehead atoms. The molecule has 0 amide bonds. The summed E-state index contributed by atoms with van der Waals surface area (Å²) in [5.41, 5.74) is 0.483. The van der Waals surface area contributed by atoms with Crippen molar-refractivity contribution in [2.24, 2.45) is 5.92 Å². The maximum absolute atomic E-state index is 11.0. The third-order valence-electron chi connectivity index (χ3n) is 5.42. The third-order valence-corrected chi connectivity index (χ3v) is 5.42. The summed E-state index contributed by atoms with van der Waals surface area (Å²) in [7, 11) is 0. The van der Waals surface area contributed by atoms with E-state index < -0.39 is 0 Å². The van der Waals surface area contributed by atoms with Crippen molar-refractivity contribution in [3.05, 3.63) is 24.8 Å². The predicted octanol–water partition coefficient (Wildman–Crippen LogP) is 8.74. The van der Waals surface area contributed by atoms with Gasteiger partial charge in [0.05, 0.1) is 13.2 Å². The van der Waals surface area contributed by atoms with Gasteiger partial charge in [0, 0.05) is 11.6 Å². The molecule has 0 rings (SSSR count). The molecular weight excluding hydrogens is 412 g/mol. The van der Waals surface area contributed by atoms with Crippen molar-refractivity contribution in [3.63, 3.8) is 0 Å². The van der Waals surface area contributed by atoms with Gasteiger partial charge in [-0.3, -0.25) is 0 Å². The van der Waals surface area contributed by atoms with Crippen LogP contribution in [0.15, 0.2) is 24.8 Å². The van der Waals surface area contributed by atoms with E-state index in [4.69, 9.17) is 9.47 Å². The lowest BCUT2D eigenvalue weighted by Gasteiger charge is -2.05. The van der Waals surface area contributed by atoms with E-state index in [1.165, 1.54) is 89.5 Å². The summed E-state index contributed by atoms with van der Waals surface area (Å²) >= 11 is 0. The van der Waals surface area contributed by atoms with E-state index in [0.29, 0.717) is 18.8 Å². The average Bonchev–Trinajstić information content (AvgIpc) is 2.79. The van der Waals surface area contributed by atoms with Crippen LogP contribution in [0, 0.1) is 5.92 Å². The molecule has 0 saturated carbocycles. The molecule has 0 saturated heterocycles. The highest BCUT2D eigenvalue weighted by Gasteiger charge is 2.02. The normalized spacial score (nSPS) is 10.3. The number of rotatable bonds is 21. The van der Waals surface area contributed by atoms with Crippen LogP contribution in [0.25, 0.3) is 0 Å². The lowest BCUT2D eigenvalue weighted by molar-refractivity contribution is -0.139. The molecule has 194 valence electrons. The molecular formula is C29H54O4. The first kappa shape index (κ1) is 33.6. The van der Waals surface area contributed by atoms with Gasteiger partial charge in [-0.2, -0.15) is 0 Å². The molecule has 0 fully saturated rings. The smallest absolute Gasteiger partial charge is 0.333 e. The molecule has 0 unspecified atom stereocenters. The first-order valence-electron chi connectivity index (χ1n) is 13.5. The molecule has 0 spiro atoms. The van der Waals surface area contributed by atoms with Crippen molar-refractivity contribution in [2.75, 3.05) is 13.2 Å². The van der Waals surface area contributed by atoms with E-state index in [9.17, 15) is 9.59 Å². The monoisotopic (exact) mass is 466 g/mol. The lowest BCUT2D eigenvalue weighted by atomic mass is 10.0. The van der Waals surface area contributed by atoms with Crippen molar-refractivity contribution in [2.45, 2.75) is 130 Å². The average molecular weight is 467 g/mol. The van der Waals surface area contributed by atoms with Gasteiger partial charge in [-0.05, 0) is 25.7 Å². The van der Waals surface area contributed by atoms with Gasteiger partial charge < -0.3 is 9.47 Å². The largest absolute Gasteiger partial charge is 0.463 e. The quantitative estimate of drug-likeness (QED) is 0.0963. The number of ether oxygens (including phenoxy) is 2. The molecule has 0 aliphatic heterocycles. The highest BCUT2D eigenvalue weighted by Crippen LogP contribution is 2.11. The Hall–Kier alpha value is -1.58. The van der Waals surface area contributed by atoms with Gasteiger partial charge in [0.25, 0.3) is 0 Å². The van der Waals surface area contributed by atoms with E-state index in [-0.39, 0.29) is 11.9 Å². The Kier molecular flexibility index (Phi) is 27.1. The zero-order chi connectivity index (χ0) is 25.2. The number of hydrogen-bond donors (Lipinski definition) is 0. The highest BCUT2D eigenvalue weighted by molar-refractivity contribution is 5.86. The summed E-state index contributed by atoms with van der Waals surface area (Å²) in [6.07, 6.45) is 21.5. The van der Waals surface area contributed by atoms with Gasteiger partial charge in [0.2, 0.25) is 0 Å². The second kappa shape index (κ2) is 26.7. The Morgan fingerprint density at radius 2 is 1.15 bits per heavy atom. The van der Waals surface area contributed by atoms with Crippen molar-refractivity contribution in [3.8, 4) is 0 Å². The fourth-order valence-electron chi connectivity index (χ4n) is 3.29. The molecule has 0 atom stereocenters. The van der Waals surface area contributed by atoms with Crippen LogP contribution < -0.4 is 0 Å². The van der Waals surface area contributed by atoms with Crippen molar-refractivity contribution in [1.29, 1.82) is 0 Å². The number of carbonyl (C=O) groups excluding carboxylic acids is 2. The molecule has 0 radical (unpaired) electrons. The molecule has 4 heteroatoms. The Labute approximate surface area is 205 Å². The zero-order valence-corrected chi connectivity index (χ0v) is 22.4. The molecule has 0 heterocycles. The summed E-state index contributed by atoms with van der Waals surface area (Å²) in [5.74, 6) is 0.247. The van der Waals surface area contributed by atoms with E-state index in [1.54, 1.807) is 6.92 Å². The predicted molar refractivity (Wildman–Crippen MR) is 141 cm³/mol. The Morgan fingerprint density at radius 1 is 0.727 bits per heavy atom. The SMILES string of the molecule is C=C(C)C(=O)OCCCCCCCC(C)C.C=CC(=O)OCCCCCCCCCCCC. The van der Waals surface area contributed by atoms with Crippen molar-refractivity contribution >= 4 is 11.9 Å². The van der Waals surface area contributed by atoms with E-state index in [0.717, 1.165) is 25.2 Å². The lowest BCUT2D eigenvalue weighted by Crippen LogP contribution is -2.05. The number of unbranched alkanes of at least 4 members (excludes halogenated alkanes) is 13. The van der Waals surface area contributed by atoms with E-state index in [2.05, 4.69) is 33.9 Å². The molecule has 0 aliphatic rings. The van der Waals surface area contributed by atoms with Crippen LogP contribution >= 0.6 is 0 Å². The van der Waals surface area contributed by atoms with Gasteiger partial charge in [-0.15, -0.1) is 0 Å². The maximum Gasteiger partial charge on any atom is 0.333 e. The number of esters is 2. The van der Waals surface area contributed by atoms with Crippen molar-refractivity contribution in [1.82, 2.24) is 0 Å². The Bertz CT molecular complexity index is 482. The Balaban J connectivity index is 0. The summed E-state index contributed by atoms with van der Waals surface area (Å²) in [6, 6.07) is 0. The van der Waals surface area contributed by atoms with Gasteiger partial charge in [0.15, 0.2) is 0 Å². The molecule has 0 aromatic carbocycles. The van der Waals surface area contributed by atoms with E-state index >= 15 is 0 Å². The standard InChI is InChI=1S/C15H28O2.C14H26O2/c1-3-5-6-7-8-9-10-11-12-13-14-17-15(16)4-2;1-12(2)10-8-6-5-7-9-11-16-14(15)13(3)4/h4H,2-3,5-14H2,1H3;12H,3,5-11H2,1-2,4H3. The fraction of sp³-hybridized carbons (Fsp3) is 0.793. The minimum atomic E-state index is -0.305. The summed E-state index contributed by atoms with van der Waals surface area (Å²) in [5, 5.41) is 0. The summed E-state index contributed by atoms with van der Waals surface area (Å²) < 4.78 is 9.92. The maximum atomic E-state index is 11.0. The number of hydrogen-bond acceptors (Lipinski definition) is 4. The Morgan fingerprint density at radius 3 is 1.58 bits per heavy atom. The summed E-state index contributed by atoms with van der Waals surface area (Å²) in [6.45, 7) is 16.4. The van der Waals surface area contributed by atoms with Gasteiger partial charge in [-0.1, -0.05) is 124 Å². The van der Waals surface area contributed by atoms with Crippen molar-refractivity contribution < 1.29 is 19.1 Å². The second-order valence-corrected chi connectivity index (χ2v) is 9.42. The molecule has 0 aromatic heterocycles. The van der Waals surface area contributed by atoms with Gasteiger partial charge in [0.1, 0.15) is 0 Å². The molecule has 0 aliphatic carbocycles. The molecule has 0 N–H and O–H groups in total. The van der Waals surface area contributed by atoms with Crippen LogP contribution in [-0.4, -0.2) is 25.2 Å². The highest BCUT2D eigenvalue weighted by atomic mass is 16.5. The number of carbonyl (C=O) groups is 2. The van der Waals surface area contributed by atoms with Crippen LogP contribution in [0.2, 0.25) is 0 Å². The van der Waals surface area contributed by atoms with Gasteiger partial charge in [-0.25, -0.2) is 9.59 Å². The summed E-state index contributed by atoms with van der Waals surface area (Å²) in [4.78, 5) is 21.8.